The Kier molecular flexibility index (Phi) is 4.35. The maximum atomic E-state index is 12.1. The second kappa shape index (κ2) is 5.85. The lowest BCUT2D eigenvalue weighted by Crippen LogP contribution is -2.12. The standard InChI is InChI=1S/C13H16F3NO3/c14-13(15,16)7-6-10-17-11(12(18)19)9(20-10)5-4-8-2-1-3-8/h8H,1-7H2,(H,18,19). The van der Waals surface area contributed by atoms with Crippen LogP contribution < -0.4 is 0 Å². The zero-order chi connectivity index (χ0) is 14.8. The van der Waals surface area contributed by atoms with Crippen LogP contribution in [0.3, 0.4) is 0 Å². The quantitative estimate of drug-likeness (QED) is 0.869. The highest BCUT2D eigenvalue weighted by Gasteiger charge is 2.29. The van der Waals surface area contributed by atoms with Gasteiger partial charge in [0.25, 0.3) is 0 Å². The van der Waals surface area contributed by atoms with Crippen LogP contribution in [0.2, 0.25) is 0 Å². The van der Waals surface area contributed by atoms with Gasteiger partial charge in [-0.05, 0) is 12.3 Å². The first-order valence-corrected chi connectivity index (χ1v) is 6.64. The Hall–Kier alpha value is -1.53. The SMILES string of the molecule is O=C(O)c1nc(CCC(F)(F)F)oc1CCC1CCC1. The number of aromatic carboxylic acids is 1. The highest BCUT2D eigenvalue weighted by Crippen LogP contribution is 2.31. The van der Waals surface area contributed by atoms with Crippen molar-refractivity contribution >= 4 is 5.97 Å². The van der Waals surface area contributed by atoms with E-state index in [1.54, 1.807) is 0 Å². The number of carbonyl (C=O) groups is 1. The van der Waals surface area contributed by atoms with Gasteiger partial charge in [-0.3, -0.25) is 0 Å². The van der Waals surface area contributed by atoms with Crippen molar-refractivity contribution in [3.63, 3.8) is 0 Å². The number of hydrogen-bond donors (Lipinski definition) is 1. The summed E-state index contributed by atoms with van der Waals surface area (Å²) in [6.45, 7) is 0. The monoisotopic (exact) mass is 291 g/mol. The van der Waals surface area contributed by atoms with Gasteiger partial charge in [-0.15, -0.1) is 0 Å². The highest BCUT2D eigenvalue weighted by atomic mass is 19.4. The summed E-state index contributed by atoms with van der Waals surface area (Å²) in [6.07, 6.45) is -1.13. The fourth-order valence-electron chi connectivity index (χ4n) is 2.21. The first-order valence-electron chi connectivity index (χ1n) is 6.64. The van der Waals surface area contributed by atoms with Crippen LogP contribution in [0.4, 0.5) is 13.2 Å². The van der Waals surface area contributed by atoms with Gasteiger partial charge >= 0.3 is 12.1 Å². The summed E-state index contributed by atoms with van der Waals surface area (Å²) in [5.74, 6) is -0.638. The van der Waals surface area contributed by atoms with Crippen LogP contribution >= 0.6 is 0 Å². The smallest absolute Gasteiger partial charge is 0.389 e. The zero-order valence-electron chi connectivity index (χ0n) is 10.9. The van der Waals surface area contributed by atoms with Gasteiger partial charge in [-0.2, -0.15) is 13.2 Å². The van der Waals surface area contributed by atoms with E-state index in [1.807, 2.05) is 0 Å². The van der Waals surface area contributed by atoms with E-state index >= 15 is 0 Å². The van der Waals surface area contributed by atoms with Crippen molar-refractivity contribution in [3.05, 3.63) is 17.3 Å². The number of hydrogen-bond acceptors (Lipinski definition) is 3. The second-order valence-corrected chi connectivity index (χ2v) is 5.14. The molecule has 0 saturated heterocycles. The molecule has 2 rings (SSSR count). The Morgan fingerprint density at radius 3 is 2.55 bits per heavy atom. The first kappa shape index (κ1) is 14.9. The van der Waals surface area contributed by atoms with Crippen LogP contribution in [0.15, 0.2) is 4.42 Å². The lowest BCUT2D eigenvalue weighted by atomic mass is 9.82. The molecule has 0 aliphatic heterocycles. The summed E-state index contributed by atoms with van der Waals surface area (Å²) in [5, 5.41) is 9.00. The first-order chi connectivity index (χ1) is 9.35. The molecule has 1 fully saturated rings. The maximum absolute atomic E-state index is 12.1. The summed E-state index contributed by atoms with van der Waals surface area (Å²) in [4.78, 5) is 14.7. The summed E-state index contributed by atoms with van der Waals surface area (Å²) in [5.41, 5.74) is -0.249. The van der Waals surface area contributed by atoms with Gasteiger partial charge in [-0.1, -0.05) is 19.3 Å². The van der Waals surface area contributed by atoms with Crippen molar-refractivity contribution in [1.29, 1.82) is 0 Å². The van der Waals surface area contributed by atoms with Crippen molar-refractivity contribution in [2.45, 2.75) is 51.1 Å². The molecule has 0 bridgehead atoms. The number of alkyl halides is 3. The largest absolute Gasteiger partial charge is 0.476 e. The Bertz CT molecular complexity index is 478. The molecule has 0 radical (unpaired) electrons. The van der Waals surface area contributed by atoms with E-state index in [0.29, 0.717) is 12.3 Å². The van der Waals surface area contributed by atoms with Crippen LogP contribution in [-0.2, 0) is 12.8 Å². The van der Waals surface area contributed by atoms with Gasteiger partial charge in [0.2, 0.25) is 0 Å². The average molecular weight is 291 g/mol. The zero-order valence-corrected chi connectivity index (χ0v) is 10.9. The molecule has 0 amide bonds. The number of carboxylic acids is 1. The van der Waals surface area contributed by atoms with Crippen molar-refractivity contribution in [3.8, 4) is 0 Å². The minimum atomic E-state index is -4.30. The number of oxazole rings is 1. The molecule has 0 unspecified atom stereocenters. The molecule has 1 aliphatic carbocycles. The van der Waals surface area contributed by atoms with Crippen molar-refractivity contribution in [2.75, 3.05) is 0 Å². The molecular formula is C13H16F3NO3. The Labute approximate surface area is 114 Å². The van der Waals surface area contributed by atoms with Gasteiger partial charge in [0.05, 0.1) is 6.42 Å². The molecule has 1 heterocycles. The molecule has 1 aromatic rings. The van der Waals surface area contributed by atoms with Crippen molar-refractivity contribution in [2.24, 2.45) is 5.92 Å². The third-order valence-electron chi connectivity index (χ3n) is 3.57. The van der Waals surface area contributed by atoms with Gasteiger partial charge in [-0.25, -0.2) is 9.78 Å². The fraction of sp³-hybridized carbons (Fsp3) is 0.692. The number of halogens is 3. The van der Waals surface area contributed by atoms with E-state index in [0.717, 1.165) is 19.3 Å². The van der Waals surface area contributed by atoms with E-state index in [2.05, 4.69) is 4.98 Å². The number of rotatable bonds is 6. The van der Waals surface area contributed by atoms with Crippen molar-refractivity contribution < 1.29 is 27.5 Å². The number of carboxylic acid groups (broad SMARTS) is 1. The number of aromatic nitrogens is 1. The normalized spacial score (nSPS) is 16.1. The lowest BCUT2D eigenvalue weighted by molar-refractivity contribution is -0.134. The van der Waals surface area contributed by atoms with Crippen molar-refractivity contribution in [1.82, 2.24) is 4.98 Å². The molecule has 0 spiro atoms. The highest BCUT2D eigenvalue weighted by molar-refractivity contribution is 5.86. The molecule has 0 aromatic carbocycles. The Morgan fingerprint density at radius 1 is 1.35 bits per heavy atom. The van der Waals surface area contributed by atoms with Crippen LogP contribution in [0.1, 0.15) is 54.2 Å². The number of aryl methyl sites for hydroxylation is 2. The van der Waals surface area contributed by atoms with Crippen LogP contribution in [0.25, 0.3) is 0 Å². The summed E-state index contributed by atoms with van der Waals surface area (Å²) in [6, 6.07) is 0. The Balaban J connectivity index is 2.00. The molecule has 1 aliphatic rings. The molecule has 1 saturated carbocycles. The third-order valence-corrected chi connectivity index (χ3v) is 3.57. The molecule has 112 valence electrons. The van der Waals surface area contributed by atoms with E-state index in [-0.39, 0.29) is 17.3 Å². The molecule has 0 atom stereocenters. The van der Waals surface area contributed by atoms with Gasteiger partial charge < -0.3 is 9.52 Å². The predicted molar refractivity (Wildman–Crippen MR) is 63.5 cm³/mol. The van der Waals surface area contributed by atoms with E-state index in [4.69, 9.17) is 9.52 Å². The minimum Gasteiger partial charge on any atom is -0.476 e. The topological polar surface area (TPSA) is 63.3 Å². The van der Waals surface area contributed by atoms with Crippen LogP contribution in [-0.4, -0.2) is 22.2 Å². The molecular weight excluding hydrogens is 275 g/mol. The fourth-order valence-corrected chi connectivity index (χ4v) is 2.21. The Morgan fingerprint density at radius 2 is 2.05 bits per heavy atom. The predicted octanol–water partition coefficient (Wildman–Crippen LogP) is 3.60. The molecule has 1 aromatic heterocycles. The summed E-state index contributed by atoms with van der Waals surface area (Å²) < 4.78 is 41.6. The van der Waals surface area contributed by atoms with Crippen LogP contribution in [0, 0.1) is 5.92 Å². The summed E-state index contributed by atoms with van der Waals surface area (Å²) >= 11 is 0. The lowest BCUT2D eigenvalue weighted by Gasteiger charge is -2.24. The third kappa shape index (κ3) is 3.98. The average Bonchev–Trinajstić information content (AvgIpc) is 2.67. The second-order valence-electron chi connectivity index (χ2n) is 5.14. The summed E-state index contributed by atoms with van der Waals surface area (Å²) in [7, 11) is 0. The number of nitrogens with zero attached hydrogens (tertiary/aromatic N) is 1. The van der Waals surface area contributed by atoms with Crippen LogP contribution in [0.5, 0.6) is 0 Å². The van der Waals surface area contributed by atoms with E-state index in [9.17, 15) is 18.0 Å². The molecule has 20 heavy (non-hydrogen) atoms. The minimum absolute atomic E-state index is 0.150. The molecule has 7 heteroatoms. The maximum Gasteiger partial charge on any atom is 0.389 e. The van der Waals surface area contributed by atoms with E-state index < -0.39 is 25.0 Å². The van der Waals surface area contributed by atoms with Gasteiger partial charge in [0.1, 0.15) is 5.76 Å². The van der Waals surface area contributed by atoms with E-state index in [1.165, 1.54) is 6.42 Å². The van der Waals surface area contributed by atoms with Gasteiger partial charge in [0.15, 0.2) is 11.6 Å². The van der Waals surface area contributed by atoms with Gasteiger partial charge in [0, 0.05) is 12.8 Å². The molecule has 4 nitrogen and oxygen atoms in total. The molecule has 1 N–H and O–H groups in total.